The molecule has 0 radical (unpaired) electrons. The predicted octanol–water partition coefficient (Wildman–Crippen LogP) is 2.36. The van der Waals surface area contributed by atoms with Crippen molar-refractivity contribution in [1.29, 1.82) is 0 Å². The number of rotatable bonds is 11. The maximum atomic E-state index is 13.8. The molecule has 0 aliphatic rings. The molecule has 34 heavy (non-hydrogen) atoms. The third-order valence-corrected chi connectivity index (χ3v) is 4.54. The summed E-state index contributed by atoms with van der Waals surface area (Å²) in [5.41, 5.74) is 1.87. The number of halogens is 1. The van der Waals surface area contributed by atoms with Crippen molar-refractivity contribution >= 4 is 17.4 Å². The SMILES string of the molecule is CCOC(OCC)C(=O)Nc1cccc(CO/N=C(/c2ccc(F)c(C)c2)c2nnnn2C)n1. The molecule has 0 fully saturated rings. The van der Waals surface area contributed by atoms with Crippen molar-refractivity contribution in [1.82, 2.24) is 25.2 Å². The standard InChI is InChI=1S/C22H26FN7O4/c1-5-32-22(33-6-2)21(31)25-18-9-7-8-16(24-18)13-34-27-19(20-26-28-29-30(20)4)15-10-11-17(23)14(3)12-15/h7-12,22H,5-6,13H2,1-4H3,(H,24,25,31)/b27-19-. The largest absolute Gasteiger partial charge is 0.389 e. The quantitative estimate of drug-likeness (QED) is 0.257. The van der Waals surface area contributed by atoms with E-state index in [0.29, 0.717) is 47.4 Å². The molecule has 12 heteroatoms. The number of aryl methyl sites for hydroxylation is 2. The number of oxime groups is 1. The van der Waals surface area contributed by atoms with Crippen molar-refractivity contribution in [3.8, 4) is 0 Å². The lowest BCUT2D eigenvalue weighted by atomic mass is 10.1. The molecule has 0 unspecified atom stereocenters. The average molecular weight is 471 g/mol. The number of benzene rings is 1. The smallest absolute Gasteiger partial charge is 0.282 e. The van der Waals surface area contributed by atoms with E-state index in [1.807, 2.05) is 0 Å². The molecule has 0 spiro atoms. The first-order valence-corrected chi connectivity index (χ1v) is 10.6. The number of pyridine rings is 1. The lowest BCUT2D eigenvalue weighted by molar-refractivity contribution is -0.164. The fraction of sp³-hybridized carbons (Fsp3) is 0.364. The van der Waals surface area contributed by atoms with E-state index in [2.05, 4.69) is 31.0 Å². The Hall–Kier alpha value is -3.77. The van der Waals surface area contributed by atoms with Crippen LogP contribution in [0.4, 0.5) is 10.2 Å². The van der Waals surface area contributed by atoms with Crippen LogP contribution in [-0.2, 0) is 32.8 Å². The monoisotopic (exact) mass is 471 g/mol. The summed E-state index contributed by atoms with van der Waals surface area (Å²) in [6, 6.07) is 9.62. The van der Waals surface area contributed by atoms with Gasteiger partial charge < -0.3 is 19.6 Å². The van der Waals surface area contributed by atoms with E-state index in [-0.39, 0.29) is 12.4 Å². The minimum Gasteiger partial charge on any atom is -0.389 e. The number of nitrogens with zero attached hydrogens (tertiary/aromatic N) is 6. The summed E-state index contributed by atoms with van der Waals surface area (Å²) in [7, 11) is 1.66. The van der Waals surface area contributed by atoms with E-state index in [1.54, 1.807) is 58.2 Å². The molecule has 2 aromatic heterocycles. The van der Waals surface area contributed by atoms with Crippen molar-refractivity contribution in [2.75, 3.05) is 18.5 Å². The second-order valence-corrected chi connectivity index (χ2v) is 7.05. The van der Waals surface area contributed by atoms with E-state index in [0.717, 1.165) is 0 Å². The molecule has 3 rings (SSSR count). The second kappa shape index (κ2) is 11.9. The molecule has 0 aliphatic carbocycles. The number of aromatic nitrogens is 5. The van der Waals surface area contributed by atoms with Gasteiger partial charge in [-0.25, -0.2) is 14.1 Å². The number of hydrogen-bond donors (Lipinski definition) is 1. The number of amides is 1. The van der Waals surface area contributed by atoms with Crippen molar-refractivity contribution < 1.29 is 23.5 Å². The lowest BCUT2D eigenvalue weighted by Gasteiger charge is -2.16. The molecule has 1 aromatic carbocycles. The summed E-state index contributed by atoms with van der Waals surface area (Å²) in [4.78, 5) is 22.3. The van der Waals surface area contributed by atoms with Crippen LogP contribution in [0.5, 0.6) is 0 Å². The van der Waals surface area contributed by atoms with Gasteiger partial charge in [-0.15, -0.1) is 5.10 Å². The molecule has 1 amide bonds. The Kier molecular flexibility index (Phi) is 8.71. The Morgan fingerprint density at radius 1 is 1.21 bits per heavy atom. The van der Waals surface area contributed by atoms with E-state index in [9.17, 15) is 9.18 Å². The van der Waals surface area contributed by atoms with Gasteiger partial charge in [0, 0.05) is 25.8 Å². The number of anilines is 1. The molecular weight excluding hydrogens is 445 g/mol. The van der Waals surface area contributed by atoms with Crippen LogP contribution in [0.3, 0.4) is 0 Å². The average Bonchev–Trinajstić information content (AvgIpc) is 3.24. The Morgan fingerprint density at radius 2 is 1.97 bits per heavy atom. The zero-order chi connectivity index (χ0) is 24.5. The lowest BCUT2D eigenvalue weighted by Crippen LogP contribution is -2.33. The van der Waals surface area contributed by atoms with Gasteiger partial charge in [0.2, 0.25) is 12.1 Å². The number of nitrogens with one attached hydrogen (secondary N) is 1. The molecule has 11 nitrogen and oxygen atoms in total. The Bertz CT molecular complexity index is 1150. The van der Waals surface area contributed by atoms with Crippen LogP contribution in [0, 0.1) is 12.7 Å². The summed E-state index contributed by atoms with van der Waals surface area (Å²) < 4.78 is 25.8. The van der Waals surface area contributed by atoms with Gasteiger partial charge in [0.05, 0.1) is 5.69 Å². The molecular formula is C22H26FN7O4. The van der Waals surface area contributed by atoms with Crippen molar-refractivity contribution in [3.63, 3.8) is 0 Å². The fourth-order valence-corrected chi connectivity index (χ4v) is 2.92. The van der Waals surface area contributed by atoms with Crippen LogP contribution in [0.25, 0.3) is 0 Å². The highest BCUT2D eigenvalue weighted by atomic mass is 19.1. The first-order chi connectivity index (χ1) is 16.4. The number of carbonyl (C=O) groups is 1. The first kappa shape index (κ1) is 24.9. The van der Waals surface area contributed by atoms with Crippen molar-refractivity contribution in [3.05, 3.63) is 64.9 Å². The maximum absolute atomic E-state index is 13.8. The third-order valence-electron chi connectivity index (χ3n) is 4.54. The highest BCUT2D eigenvalue weighted by Crippen LogP contribution is 2.14. The van der Waals surface area contributed by atoms with Crippen LogP contribution in [0.15, 0.2) is 41.6 Å². The van der Waals surface area contributed by atoms with Gasteiger partial charge in [0.15, 0.2) is 12.3 Å². The number of hydrogen-bond acceptors (Lipinski definition) is 9. The summed E-state index contributed by atoms with van der Waals surface area (Å²) in [5, 5.41) is 18.3. The van der Waals surface area contributed by atoms with Crippen LogP contribution >= 0.6 is 0 Å². The third kappa shape index (κ3) is 6.39. The van der Waals surface area contributed by atoms with Gasteiger partial charge in [-0.3, -0.25) is 4.79 Å². The molecule has 0 bridgehead atoms. The van der Waals surface area contributed by atoms with Gasteiger partial charge in [0.1, 0.15) is 11.6 Å². The summed E-state index contributed by atoms with van der Waals surface area (Å²) in [6.07, 6.45) is -1.02. The van der Waals surface area contributed by atoms with E-state index in [1.165, 1.54) is 10.7 Å². The van der Waals surface area contributed by atoms with Crippen molar-refractivity contribution in [2.45, 2.75) is 33.7 Å². The number of ether oxygens (including phenoxy) is 2. The minimum atomic E-state index is -1.02. The zero-order valence-corrected chi connectivity index (χ0v) is 19.4. The Morgan fingerprint density at radius 3 is 2.62 bits per heavy atom. The van der Waals surface area contributed by atoms with Crippen LogP contribution in [-0.4, -0.2) is 56.3 Å². The topological polar surface area (TPSA) is 126 Å². The summed E-state index contributed by atoms with van der Waals surface area (Å²) >= 11 is 0. The predicted molar refractivity (Wildman–Crippen MR) is 120 cm³/mol. The second-order valence-electron chi connectivity index (χ2n) is 7.05. The molecule has 0 atom stereocenters. The Labute approximate surface area is 195 Å². The highest BCUT2D eigenvalue weighted by Gasteiger charge is 2.20. The molecule has 180 valence electrons. The fourth-order valence-electron chi connectivity index (χ4n) is 2.92. The maximum Gasteiger partial charge on any atom is 0.282 e. The Balaban J connectivity index is 1.75. The van der Waals surface area contributed by atoms with Crippen molar-refractivity contribution in [2.24, 2.45) is 12.2 Å². The minimum absolute atomic E-state index is 0.000976. The molecule has 1 N–H and O–H groups in total. The van der Waals surface area contributed by atoms with Gasteiger partial charge >= 0.3 is 0 Å². The van der Waals surface area contributed by atoms with Gasteiger partial charge in [-0.2, -0.15) is 0 Å². The molecule has 0 saturated carbocycles. The van der Waals surface area contributed by atoms with Gasteiger partial charge in [-0.1, -0.05) is 11.2 Å². The van der Waals surface area contributed by atoms with Gasteiger partial charge in [0.25, 0.3) is 5.91 Å². The molecule has 0 aliphatic heterocycles. The normalized spacial score (nSPS) is 11.6. The zero-order valence-electron chi connectivity index (χ0n) is 19.4. The number of tetrazole rings is 1. The van der Waals surface area contributed by atoms with E-state index >= 15 is 0 Å². The van der Waals surface area contributed by atoms with E-state index in [4.69, 9.17) is 14.3 Å². The molecule has 2 heterocycles. The van der Waals surface area contributed by atoms with Crippen LogP contribution in [0.2, 0.25) is 0 Å². The van der Waals surface area contributed by atoms with E-state index < -0.39 is 12.2 Å². The first-order valence-electron chi connectivity index (χ1n) is 10.6. The summed E-state index contributed by atoms with van der Waals surface area (Å²) in [6.45, 7) is 5.85. The highest BCUT2D eigenvalue weighted by molar-refractivity contribution is 6.10. The van der Waals surface area contributed by atoms with Gasteiger partial charge in [-0.05, 0) is 67.1 Å². The summed E-state index contributed by atoms with van der Waals surface area (Å²) in [5.74, 6) is -0.139. The number of carbonyl (C=O) groups excluding carboxylic acids is 1. The molecule has 3 aromatic rings. The van der Waals surface area contributed by atoms with Crippen LogP contribution < -0.4 is 5.32 Å². The van der Waals surface area contributed by atoms with Crippen LogP contribution in [0.1, 0.15) is 36.5 Å². The molecule has 0 saturated heterocycles.